The minimum absolute atomic E-state index is 0.696. The maximum absolute atomic E-state index is 5.73. The second kappa shape index (κ2) is 10.7. The molecule has 0 unspecified atom stereocenters. The lowest BCUT2D eigenvalue weighted by atomic mass is 10.00. The molecule has 54 heavy (non-hydrogen) atoms. The van der Waals surface area contributed by atoms with E-state index in [4.69, 9.17) is 9.97 Å². The van der Waals surface area contributed by atoms with Crippen molar-refractivity contribution < 1.29 is 0 Å². The number of nitrogens with zero attached hydrogens (tertiary/aromatic N) is 3. The molecule has 0 radical (unpaired) electrons. The summed E-state index contributed by atoms with van der Waals surface area (Å²) in [6.07, 6.45) is 0. The van der Waals surface area contributed by atoms with E-state index in [9.17, 15) is 0 Å². The fourth-order valence-corrected chi connectivity index (χ4v) is 12.6. The van der Waals surface area contributed by atoms with Crippen LogP contribution < -0.4 is 0 Å². The van der Waals surface area contributed by atoms with Crippen LogP contribution in [-0.2, 0) is 0 Å². The molecule has 13 aromatic rings. The van der Waals surface area contributed by atoms with Crippen LogP contribution in [0.2, 0.25) is 0 Å². The first kappa shape index (κ1) is 29.3. The molecule has 0 aliphatic heterocycles. The first-order valence-electron chi connectivity index (χ1n) is 18.1. The number of hydrogen-bond acceptors (Lipinski definition) is 5. The van der Waals surface area contributed by atoms with Gasteiger partial charge in [-0.25, -0.2) is 9.97 Å². The van der Waals surface area contributed by atoms with Crippen molar-refractivity contribution in [3.8, 4) is 17.2 Å². The first-order chi connectivity index (χ1) is 26.8. The summed E-state index contributed by atoms with van der Waals surface area (Å²) in [6.45, 7) is 0. The molecule has 0 atom stereocenters. The fraction of sp³-hybridized carbons (Fsp3) is 0. The van der Waals surface area contributed by atoms with Crippen LogP contribution in [0, 0.1) is 0 Å². The number of hydrogen-bond donors (Lipinski definition) is 0. The summed E-state index contributed by atoms with van der Waals surface area (Å²) < 4.78 is 9.84. The van der Waals surface area contributed by atoms with E-state index < -0.39 is 0 Å². The van der Waals surface area contributed by atoms with E-state index in [1.165, 1.54) is 82.7 Å². The molecule has 0 spiro atoms. The first-order valence-corrected chi connectivity index (χ1v) is 20.5. The predicted octanol–water partition coefficient (Wildman–Crippen LogP) is 14.7. The van der Waals surface area contributed by atoms with Crippen molar-refractivity contribution in [3.05, 3.63) is 152 Å². The summed E-state index contributed by atoms with van der Waals surface area (Å²) >= 11 is 5.54. The highest BCUT2D eigenvalue weighted by Gasteiger charge is 2.26. The summed E-state index contributed by atoms with van der Waals surface area (Å²) in [4.78, 5) is 11.4. The van der Waals surface area contributed by atoms with Crippen LogP contribution >= 0.6 is 34.0 Å². The van der Waals surface area contributed by atoms with E-state index in [0.717, 1.165) is 32.5 Å². The quantitative estimate of drug-likeness (QED) is 0.177. The van der Waals surface area contributed by atoms with Crippen molar-refractivity contribution in [1.29, 1.82) is 0 Å². The van der Waals surface area contributed by atoms with Gasteiger partial charge in [0.2, 0.25) is 5.95 Å². The average molecular weight is 740 g/mol. The minimum atomic E-state index is 0.696. The van der Waals surface area contributed by atoms with Crippen molar-refractivity contribution >= 4 is 138 Å². The van der Waals surface area contributed by atoms with Gasteiger partial charge in [0, 0.05) is 72.2 Å². The lowest BCUT2D eigenvalue weighted by Crippen LogP contribution is -2.03. The topological polar surface area (TPSA) is 30.7 Å². The van der Waals surface area contributed by atoms with Gasteiger partial charge in [0.25, 0.3) is 0 Å². The molecule has 0 saturated heterocycles. The molecule has 0 bridgehead atoms. The van der Waals surface area contributed by atoms with E-state index in [1.54, 1.807) is 11.3 Å². The van der Waals surface area contributed by atoms with Gasteiger partial charge < -0.3 is 0 Å². The Morgan fingerprint density at radius 1 is 0.389 bits per heavy atom. The molecular weight excluding hydrogens is 715 g/mol. The zero-order valence-corrected chi connectivity index (χ0v) is 30.9. The lowest BCUT2D eigenvalue weighted by molar-refractivity contribution is 1.02. The Kier molecular flexibility index (Phi) is 5.81. The number of benzene rings is 8. The Bertz CT molecular complexity index is 3750. The summed E-state index contributed by atoms with van der Waals surface area (Å²) in [5, 5.41) is 13.7. The Balaban J connectivity index is 1.27. The number of aromatic nitrogens is 3. The molecule has 3 nitrogen and oxygen atoms in total. The minimum Gasteiger partial charge on any atom is -0.277 e. The van der Waals surface area contributed by atoms with Crippen LogP contribution in [0.1, 0.15) is 0 Å². The molecule has 0 aliphatic rings. The van der Waals surface area contributed by atoms with Crippen molar-refractivity contribution in [1.82, 2.24) is 14.5 Å². The highest BCUT2D eigenvalue weighted by Crippen LogP contribution is 2.49. The van der Waals surface area contributed by atoms with Gasteiger partial charge in [-0.2, -0.15) is 0 Å². The Hall–Kier alpha value is -6.18. The molecule has 0 saturated carbocycles. The van der Waals surface area contributed by atoms with E-state index in [2.05, 4.69) is 156 Å². The van der Waals surface area contributed by atoms with Gasteiger partial charge in [-0.3, -0.25) is 4.57 Å². The van der Waals surface area contributed by atoms with Crippen LogP contribution in [0.5, 0.6) is 0 Å². The smallest absolute Gasteiger partial charge is 0.235 e. The Labute approximate surface area is 319 Å². The molecule has 0 aliphatic carbocycles. The fourth-order valence-electron chi connectivity index (χ4n) is 8.94. The standard InChI is InChI=1S/C48H25N3S3/c1-2-13-27-26(12-1)24-25-38-40(27)43-47(54-38)42(34-20-11-19-30-28-14-6-9-22-36(28)52-45(30)34)49-48(50-43)51-35-21-8-5-17-32(35)39-29-15-3-4-16-31(29)46-41(44(39)51)33-18-7-10-23-37(33)53-46/h1-25H. The molecule has 5 aromatic heterocycles. The van der Waals surface area contributed by atoms with Crippen molar-refractivity contribution in [3.63, 3.8) is 0 Å². The third kappa shape index (κ3) is 3.79. The molecule has 8 aromatic carbocycles. The van der Waals surface area contributed by atoms with Gasteiger partial charge in [0.05, 0.1) is 26.9 Å². The van der Waals surface area contributed by atoms with E-state index in [-0.39, 0.29) is 0 Å². The molecular formula is C48H25N3S3. The van der Waals surface area contributed by atoms with Crippen LogP contribution in [0.25, 0.3) is 121 Å². The highest BCUT2D eigenvalue weighted by atomic mass is 32.1. The number of fused-ring (bicyclic) bond motifs is 18. The highest BCUT2D eigenvalue weighted by molar-refractivity contribution is 7.28. The van der Waals surface area contributed by atoms with E-state index in [0.29, 0.717) is 5.95 Å². The lowest BCUT2D eigenvalue weighted by Gasteiger charge is -2.12. The average Bonchev–Trinajstić information content (AvgIpc) is 3.99. The van der Waals surface area contributed by atoms with Gasteiger partial charge >= 0.3 is 0 Å². The molecule has 13 rings (SSSR count). The Morgan fingerprint density at radius 3 is 1.89 bits per heavy atom. The van der Waals surface area contributed by atoms with Gasteiger partial charge in [0.1, 0.15) is 0 Å². The van der Waals surface area contributed by atoms with Gasteiger partial charge in [-0.15, -0.1) is 34.0 Å². The van der Waals surface area contributed by atoms with E-state index >= 15 is 0 Å². The zero-order chi connectivity index (χ0) is 35.1. The summed E-state index contributed by atoms with van der Waals surface area (Å²) in [7, 11) is 0. The number of thiophene rings is 3. The summed E-state index contributed by atoms with van der Waals surface area (Å²) in [5.41, 5.74) is 5.40. The largest absolute Gasteiger partial charge is 0.277 e. The molecule has 5 heterocycles. The maximum Gasteiger partial charge on any atom is 0.235 e. The van der Waals surface area contributed by atoms with Crippen molar-refractivity contribution in [2.75, 3.05) is 0 Å². The van der Waals surface area contributed by atoms with Gasteiger partial charge in [0.15, 0.2) is 0 Å². The molecule has 0 amide bonds. The van der Waals surface area contributed by atoms with Crippen LogP contribution in [0.3, 0.4) is 0 Å². The Morgan fingerprint density at radius 2 is 1.02 bits per heavy atom. The van der Waals surface area contributed by atoms with Crippen molar-refractivity contribution in [2.24, 2.45) is 0 Å². The normalized spacial score (nSPS) is 12.4. The van der Waals surface area contributed by atoms with Crippen molar-refractivity contribution in [2.45, 2.75) is 0 Å². The molecule has 250 valence electrons. The number of para-hydroxylation sites is 1. The predicted molar refractivity (Wildman–Crippen MR) is 235 cm³/mol. The second-order valence-electron chi connectivity index (χ2n) is 14.0. The maximum atomic E-state index is 5.73. The third-order valence-corrected chi connectivity index (χ3v) is 14.8. The van der Waals surface area contributed by atoms with Gasteiger partial charge in [-0.1, -0.05) is 127 Å². The summed E-state index contributed by atoms with van der Waals surface area (Å²) in [5.74, 6) is 0.696. The third-order valence-electron chi connectivity index (χ3n) is 11.2. The summed E-state index contributed by atoms with van der Waals surface area (Å²) in [6, 6.07) is 55.2. The monoisotopic (exact) mass is 739 g/mol. The SMILES string of the molecule is c1ccc2c(c1)ccc1sc3c(-c4cccc5c4sc4ccccc45)nc(-n4c5ccccc5c5c6ccccc6c6sc7ccccc7c6c54)nc3c12. The molecule has 6 heteroatoms. The van der Waals surface area contributed by atoms with Crippen LogP contribution in [-0.4, -0.2) is 14.5 Å². The second-order valence-corrected chi connectivity index (χ2v) is 17.2. The molecule has 0 N–H and O–H groups in total. The van der Waals surface area contributed by atoms with Crippen LogP contribution in [0.15, 0.2) is 152 Å². The zero-order valence-electron chi connectivity index (χ0n) is 28.5. The van der Waals surface area contributed by atoms with Gasteiger partial charge in [-0.05, 0) is 40.4 Å². The molecule has 0 fully saturated rings. The van der Waals surface area contributed by atoms with E-state index in [1.807, 2.05) is 22.7 Å². The number of rotatable bonds is 2. The van der Waals surface area contributed by atoms with Crippen LogP contribution in [0.4, 0.5) is 0 Å².